The monoisotopic (exact) mass is 1140 g/mol. The zero-order valence-corrected chi connectivity index (χ0v) is 46.4. The van der Waals surface area contributed by atoms with Crippen LogP contribution in [0.4, 0.5) is 24.7 Å². The Balaban J connectivity index is 1.20. The fourth-order valence-corrected chi connectivity index (χ4v) is 10.8. The topological polar surface area (TPSA) is 292 Å². The smallest absolute Gasteiger partial charge is 0.341 e. The number of aromatic carboxylic acids is 1. The lowest BCUT2D eigenvalue weighted by Gasteiger charge is -2.38. The number of likely N-dealkylation sites (N-methyl/N-ethyl adjacent to an activating group) is 1. The van der Waals surface area contributed by atoms with Gasteiger partial charge >= 0.3 is 17.7 Å². The van der Waals surface area contributed by atoms with Crippen LogP contribution in [-0.4, -0.2) is 139 Å². The van der Waals surface area contributed by atoms with Gasteiger partial charge in [0, 0.05) is 93.6 Å². The Labute approximate surface area is 467 Å². The van der Waals surface area contributed by atoms with E-state index < -0.39 is 151 Å². The van der Waals surface area contributed by atoms with Gasteiger partial charge in [-0.05, 0) is 44.5 Å². The summed E-state index contributed by atoms with van der Waals surface area (Å²) < 4.78 is 70.0. The van der Waals surface area contributed by atoms with Crippen molar-refractivity contribution in [2.45, 2.75) is 98.1 Å². The van der Waals surface area contributed by atoms with E-state index in [-0.39, 0.29) is 64.7 Å². The second-order valence-electron chi connectivity index (χ2n) is 21.1. The number of hydrazone groups is 1. The van der Waals surface area contributed by atoms with Crippen LogP contribution in [0, 0.1) is 48.0 Å². The number of pyridine rings is 2. The Hall–Kier alpha value is -8.48. The van der Waals surface area contributed by atoms with E-state index in [2.05, 4.69) is 15.4 Å². The summed E-state index contributed by atoms with van der Waals surface area (Å²) in [7, 11) is 2.92. The summed E-state index contributed by atoms with van der Waals surface area (Å²) in [6.45, 7) is 12.2. The number of nitrogens with one attached hydrogen (secondary N) is 1. The number of carboxylic acids is 1. The predicted molar refractivity (Wildman–Crippen MR) is 294 cm³/mol. The molecular formula is C58H63F3N6O15. The van der Waals surface area contributed by atoms with Crippen molar-refractivity contribution in [2.75, 3.05) is 37.5 Å². The molecule has 7 N–H and O–H groups in total. The lowest BCUT2D eigenvalue weighted by molar-refractivity contribution is -0.160. The molecule has 6 heterocycles. The van der Waals surface area contributed by atoms with E-state index in [1.54, 1.807) is 33.8 Å². The molecule has 5 aromatic rings. The Morgan fingerprint density at radius 3 is 2.32 bits per heavy atom. The molecule has 4 aliphatic heterocycles. The van der Waals surface area contributed by atoms with Crippen LogP contribution in [-0.2, 0) is 23.8 Å². The van der Waals surface area contributed by atoms with Crippen molar-refractivity contribution < 1.29 is 81.9 Å². The summed E-state index contributed by atoms with van der Waals surface area (Å²) in [5, 5.41) is 76.6. The lowest BCUT2D eigenvalue weighted by atomic mass is 9.78. The van der Waals surface area contributed by atoms with E-state index in [1.165, 1.54) is 70.0 Å². The van der Waals surface area contributed by atoms with Crippen molar-refractivity contribution in [2.24, 2.45) is 28.8 Å². The fraction of sp³-hybridized carbons (Fsp3) is 0.397. The maximum Gasteiger partial charge on any atom is 0.341 e. The SMILES string of the molecule is CO[C@H]1/C=C/O[C@@]2(C)Oc3c(C)c(O)c4c(O)c(c(/C=N/N(C)C5CCN(c6nc7c(cc6F)c(=O)c(C(=O)O)cn7-c6ccc(F)cc6F)C5)c(O)c4c3C2=O)NC(=O)/C(C)=C\C=C\[C@@H](C)[C@H](O)[C@@H](C)[C@H](O)[C@@H](C)[C@H](OC(C)=O)[C@@H]1C. The molecule has 1 fully saturated rings. The minimum atomic E-state index is -2.19. The van der Waals surface area contributed by atoms with Gasteiger partial charge in [0.25, 0.3) is 11.7 Å². The van der Waals surface area contributed by atoms with Gasteiger partial charge in [-0.3, -0.25) is 28.8 Å². The van der Waals surface area contributed by atoms with Crippen LogP contribution in [0.5, 0.6) is 23.0 Å². The van der Waals surface area contributed by atoms with Crippen molar-refractivity contribution in [3.05, 3.63) is 117 Å². The second kappa shape index (κ2) is 23.2. The molecule has 1 unspecified atom stereocenters. The van der Waals surface area contributed by atoms with Crippen molar-refractivity contribution in [1.29, 1.82) is 0 Å². The number of ether oxygens (including phenoxy) is 4. The number of methoxy groups -OCH3 is 1. The average Bonchev–Trinajstić information content (AvgIpc) is 2.04. The molecule has 9 rings (SSSR count). The number of ketones is 1. The van der Waals surface area contributed by atoms with Crippen LogP contribution in [0.2, 0.25) is 0 Å². The molecule has 2 aromatic heterocycles. The second-order valence-corrected chi connectivity index (χ2v) is 21.1. The lowest BCUT2D eigenvalue weighted by Crippen LogP contribution is -2.46. The molecule has 82 heavy (non-hydrogen) atoms. The van der Waals surface area contributed by atoms with Crippen molar-refractivity contribution in [3.8, 4) is 28.7 Å². The highest BCUT2D eigenvalue weighted by molar-refractivity contribution is 6.24. The standard InChI is InChI=1S/C58H63F3N6O15/c1-25-12-11-13-26(2)56(76)63-44-35(22-62-65(9)33-16-18-66(23-33)55-38(61)21-34-48(72)36(57(77)78)24-67(54(34)64-55)39-15-14-32(59)20-37(39)60)49(73)41-42(50(44)74)47(71)30(6)52-43(41)53(75)58(8,82-52)80-19-17-40(79-10)27(3)51(81-31(7)68)29(5)46(70)28(4)45(25)69/h11-15,17,19-22,24-25,27-29,33,40,45-46,51,69-71,73-74H,16,18,23H2,1-10H3,(H,63,76)(H,77,78)/b12-11+,19-17+,26-13-,62-22+/t25-,27-,28-,29-,33?,40+,45+,46+,51-,58+/m1/s1. The number of rotatable bonds is 8. The highest BCUT2D eigenvalue weighted by Gasteiger charge is 2.50. The maximum atomic E-state index is 16.1. The Bertz CT molecular complexity index is 3620. The molecule has 0 saturated carbocycles. The van der Waals surface area contributed by atoms with Gasteiger partial charge in [0.1, 0.15) is 40.6 Å². The van der Waals surface area contributed by atoms with Gasteiger partial charge in [-0.2, -0.15) is 5.10 Å². The zero-order chi connectivity index (χ0) is 60.1. The molecule has 0 aliphatic carbocycles. The number of allylic oxidation sites excluding steroid dienone is 2. The number of Topliss-reactive ketones (excluding diaryl/α,β-unsaturated/α-hetero) is 1. The van der Waals surface area contributed by atoms with Crippen molar-refractivity contribution in [1.82, 2.24) is 14.6 Å². The molecular weight excluding hydrogens is 1080 g/mol. The Morgan fingerprint density at radius 1 is 0.951 bits per heavy atom. The number of amides is 1. The quantitative estimate of drug-likeness (QED) is 0.0268. The molecule has 1 amide bonds. The zero-order valence-electron chi connectivity index (χ0n) is 46.4. The van der Waals surface area contributed by atoms with Gasteiger partial charge in [-0.15, -0.1) is 0 Å². The normalized spacial score (nSPS) is 26.8. The number of carbonyl (C=O) groups is 4. The number of aromatic nitrogens is 2. The minimum absolute atomic E-state index is 0.00767. The molecule has 3 aromatic carbocycles. The number of carbonyl (C=O) groups excluding carboxylic acids is 3. The van der Waals surface area contributed by atoms with Gasteiger partial charge in [-0.25, -0.2) is 22.9 Å². The Kier molecular flexibility index (Phi) is 16.9. The molecule has 0 spiro atoms. The Morgan fingerprint density at radius 2 is 1.66 bits per heavy atom. The molecule has 21 nitrogen and oxygen atoms in total. The molecule has 10 atom stereocenters. The summed E-state index contributed by atoms with van der Waals surface area (Å²) in [6.07, 6.45) is 5.03. The first kappa shape index (κ1) is 59.6. The van der Waals surface area contributed by atoms with E-state index in [9.17, 15) is 59.0 Å². The number of aromatic hydroxyl groups is 3. The average molecular weight is 1140 g/mol. The van der Waals surface area contributed by atoms with Crippen LogP contribution >= 0.6 is 0 Å². The number of hydrogen-bond acceptors (Lipinski definition) is 18. The summed E-state index contributed by atoms with van der Waals surface area (Å²) in [5.41, 5.74) is -3.79. The number of halogens is 3. The van der Waals surface area contributed by atoms with Crippen LogP contribution in [0.1, 0.15) is 86.7 Å². The third kappa shape index (κ3) is 10.9. The minimum Gasteiger partial charge on any atom is -0.507 e. The van der Waals surface area contributed by atoms with Gasteiger partial charge in [0.2, 0.25) is 5.43 Å². The maximum absolute atomic E-state index is 16.1. The summed E-state index contributed by atoms with van der Waals surface area (Å²) in [4.78, 5) is 72.6. The number of phenolic OH excluding ortho intramolecular Hbond substituents is 3. The molecule has 24 heteroatoms. The van der Waals surface area contributed by atoms with E-state index in [0.717, 1.165) is 41.4 Å². The summed E-state index contributed by atoms with van der Waals surface area (Å²) in [6, 6.07) is 2.67. The number of benzene rings is 3. The predicted octanol–water partition coefficient (Wildman–Crippen LogP) is 7.11. The molecule has 0 radical (unpaired) electrons. The first-order valence-electron chi connectivity index (χ1n) is 26.2. The molecule has 436 valence electrons. The largest absolute Gasteiger partial charge is 0.507 e. The van der Waals surface area contributed by atoms with Gasteiger partial charge in [0.05, 0.1) is 70.1 Å². The van der Waals surface area contributed by atoms with Gasteiger partial charge in [0.15, 0.2) is 23.0 Å². The number of esters is 1. The van der Waals surface area contributed by atoms with Crippen LogP contribution < -0.4 is 20.4 Å². The molecule has 1 saturated heterocycles. The van der Waals surface area contributed by atoms with Crippen LogP contribution in [0.15, 0.2) is 76.5 Å². The first-order chi connectivity index (χ1) is 38.6. The van der Waals surface area contributed by atoms with Crippen molar-refractivity contribution >= 4 is 63.2 Å². The number of anilines is 2. The van der Waals surface area contributed by atoms with E-state index in [1.807, 2.05) is 0 Å². The third-order valence-corrected chi connectivity index (χ3v) is 15.7. The van der Waals surface area contributed by atoms with Crippen molar-refractivity contribution in [3.63, 3.8) is 0 Å². The number of carboxylic acid groups (broad SMARTS) is 1. The number of phenols is 3. The molecule has 4 aliphatic rings. The number of nitrogens with zero attached hydrogens (tertiary/aromatic N) is 5. The van der Waals surface area contributed by atoms with Crippen LogP contribution in [0.25, 0.3) is 27.5 Å². The number of aliphatic hydroxyl groups is 2. The first-order valence-corrected chi connectivity index (χ1v) is 26.2. The highest BCUT2D eigenvalue weighted by atomic mass is 19.1. The number of fused-ring (bicyclic) bond motifs is 15. The number of hydrogen-bond donors (Lipinski definition) is 7. The van der Waals surface area contributed by atoms with E-state index in [4.69, 9.17) is 18.9 Å². The molecule has 5 bridgehead atoms. The summed E-state index contributed by atoms with van der Waals surface area (Å²) >= 11 is 0. The van der Waals surface area contributed by atoms with E-state index >= 15 is 8.78 Å². The number of aliphatic hydroxyl groups excluding tert-OH is 2. The highest BCUT2D eigenvalue weighted by Crippen LogP contribution is 2.55. The van der Waals surface area contributed by atoms with E-state index in [0.29, 0.717) is 6.07 Å². The third-order valence-electron chi connectivity index (χ3n) is 15.7. The van der Waals surface area contributed by atoms with Gasteiger partial charge in [-0.1, -0.05) is 45.9 Å². The fourth-order valence-electron chi connectivity index (χ4n) is 10.8. The summed E-state index contributed by atoms with van der Waals surface area (Å²) in [5.74, 6) is -14.9. The van der Waals surface area contributed by atoms with Gasteiger partial charge < -0.3 is 59.8 Å². The van der Waals surface area contributed by atoms with Crippen LogP contribution in [0.3, 0.4) is 0 Å².